The van der Waals surface area contributed by atoms with Gasteiger partial charge in [-0.15, -0.1) is 0 Å². The van der Waals surface area contributed by atoms with Crippen molar-refractivity contribution in [2.45, 2.75) is 6.42 Å². The third-order valence-corrected chi connectivity index (χ3v) is 2.00. The summed E-state index contributed by atoms with van der Waals surface area (Å²) in [5.74, 6) is -0.471. The Morgan fingerprint density at radius 3 is 2.79 bits per heavy atom. The highest BCUT2D eigenvalue weighted by molar-refractivity contribution is 6.33. The van der Waals surface area contributed by atoms with Crippen molar-refractivity contribution in [2.75, 3.05) is 13.2 Å². The number of nitrogens with two attached hydrogens (primary N) is 1. The second-order valence-corrected chi connectivity index (χ2v) is 3.26. The summed E-state index contributed by atoms with van der Waals surface area (Å²) < 4.78 is 18.1. The Morgan fingerprint density at radius 2 is 2.14 bits per heavy atom. The van der Waals surface area contributed by atoms with Gasteiger partial charge in [0.05, 0.1) is 6.61 Å². The molecule has 6 heteroatoms. The summed E-state index contributed by atoms with van der Waals surface area (Å²) in [5, 5.41) is -0.213. The molecule has 1 rings (SSSR count). The molecule has 14 heavy (non-hydrogen) atoms. The Hall–Kier alpha value is -0.580. The van der Waals surface area contributed by atoms with Crippen LogP contribution in [0.4, 0.5) is 4.39 Å². The summed E-state index contributed by atoms with van der Waals surface area (Å²) in [6.45, 7) is 0.875. The predicted molar refractivity (Wildman–Crippen MR) is 53.4 cm³/mol. The van der Waals surface area contributed by atoms with E-state index in [-0.39, 0.29) is 16.1 Å². The second-order valence-electron chi connectivity index (χ2n) is 2.54. The lowest BCUT2D eigenvalue weighted by Crippen LogP contribution is -2.06. The van der Waals surface area contributed by atoms with Crippen LogP contribution in [0.5, 0.6) is 5.75 Å². The molecule has 3 nitrogen and oxygen atoms in total. The topological polar surface area (TPSA) is 48.1 Å². The van der Waals surface area contributed by atoms with E-state index in [1.165, 1.54) is 0 Å². The van der Waals surface area contributed by atoms with Crippen molar-refractivity contribution >= 4 is 23.2 Å². The Bertz CT molecular complexity index is 322. The number of nitrogens with zero attached hydrogens (tertiary/aromatic N) is 1. The fourth-order valence-corrected chi connectivity index (χ4v) is 1.17. The summed E-state index contributed by atoms with van der Waals surface area (Å²) in [4.78, 5) is 3.55. The summed E-state index contributed by atoms with van der Waals surface area (Å²) in [7, 11) is 0. The highest BCUT2D eigenvalue weighted by Crippen LogP contribution is 2.26. The van der Waals surface area contributed by atoms with Crippen LogP contribution in [0, 0.1) is 5.82 Å². The molecule has 0 aliphatic rings. The van der Waals surface area contributed by atoms with Crippen LogP contribution >= 0.6 is 23.2 Å². The molecule has 78 valence electrons. The maximum Gasteiger partial charge on any atom is 0.172 e. The van der Waals surface area contributed by atoms with E-state index < -0.39 is 5.82 Å². The van der Waals surface area contributed by atoms with E-state index in [1.807, 2.05) is 0 Å². The van der Waals surface area contributed by atoms with Crippen molar-refractivity contribution in [3.8, 4) is 5.75 Å². The summed E-state index contributed by atoms with van der Waals surface area (Å²) in [6, 6.07) is 1.11. The smallest absolute Gasteiger partial charge is 0.172 e. The van der Waals surface area contributed by atoms with Gasteiger partial charge in [-0.25, -0.2) is 9.37 Å². The molecule has 0 aliphatic heterocycles. The number of rotatable bonds is 4. The normalized spacial score (nSPS) is 10.3. The summed E-state index contributed by atoms with van der Waals surface area (Å²) in [5.41, 5.74) is 5.26. The third kappa shape index (κ3) is 2.97. The van der Waals surface area contributed by atoms with Crippen LogP contribution in [-0.2, 0) is 0 Å². The van der Waals surface area contributed by atoms with Gasteiger partial charge < -0.3 is 10.5 Å². The molecule has 0 saturated heterocycles. The Morgan fingerprint density at radius 1 is 1.43 bits per heavy atom. The average Bonchev–Trinajstić information content (AvgIpc) is 2.14. The maximum absolute atomic E-state index is 12.9. The van der Waals surface area contributed by atoms with E-state index >= 15 is 0 Å². The molecule has 1 aromatic heterocycles. The molecule has 0 bridgehead atoms. The van der Waals surface area contributed by atoms with Crippen molar-refractivity contribution in [2.24, 2.45) is 5.73 Å². The van der Waals surface area contributed by atoms with E-state index in [2.05, 4.69) is 4.98 Å². The lowest BCUT2D eigenvalue weighted by atomic mass is 10.4. The van der Waals surface area contributed by atoms with Gasteiger partial charge in [0.1, 0.15) is 0 Å². The van der Waals surface area contributed by atoms with Crippen LogP contribution in [-0.4, -0.2) is 18.1 Å². The number of halogens is 3. The molecule has 0 atom stereocenters. The molecule has 0 aliphatic carbocycles. The molecule has 2 N–H and O–H groups in total. The molecule has 0 unspecified atom stereocenters. The highest BCUT2D eigenvalue weighted by atomic mass is 35.5. The van der Waals surface area contributed by atoms with Crippen molar-refractivity contribution in [3.05, 3.63) is 22.2 Å². The zero-order valence-electron chi connectivity index (χ0n) is 7.27. The SMILES string of the molecule is NCCCOc1cc(F)c(Cl)nc1Cl. The number of ether oxygens (including phenoxy) is 1. The quantitative estimate of drug-likeness (QED) is 0.647. The molecule has 1 heterocycles. The van der Waals surface area contributed by atoms with Gasteiger partial charge in [-0.05, 0) is 13.0 Å². The first-order valence-corrected chi connectivity index (χ1v) is 4.75. The van der Waals surface area contributed by atoms with Gasteiger partial charge in [0, 0.05) is 6.07 Å². The molecule has 0 fully saturated rings. The monoisotopic (exact) mass is 238 g/mol. The second kappa shape index (κ2) is 5.34. The molecule has 1 aromatic rings. The van der Waals surface area contributed by atoms with Crippen LogP contribution in [0.1, 0.15) is 6.42 Å². The molecular weight excluding hydrogens is 230 g/mol. The van der Waals surface area contributed by atoms with E-state index in [0.29, 0.717) is 19.6 Å². The summed E-state index contributed by atoms with van der Waals surface area (Å²) in [6.07, 6.45) is 0.667. The van der Waals surface area contributed by atoms with Crippen molar-refractivity contribution in [1.29, 1.82) is 0 Å². The number of hydrogen-bond acceptors (Lipinski definition) is 3. The van der Waals surface area contributed by atoms with Crippen LogP contribution in [0.3, 0.4) is 0 Å². The Balaban J connectivity index is 2.72. The zero-order valence-corrected chi connectivity index (χ0v) is 8.78. The van der Waals surface area contributed by atoms with Crippen LogP contribution in [0.2, 0.25) is 10.3 Å². The third-order valence-electron chi connectivity index (χ3n) is 1.46. The molecule has 0 aromatic carbocycles. The Labute approximate surface area is 91.0 Å². The average molecular weight is 239 g/mol. The van der Waals surface area contributed by atoms with E-state index in [0.717, 1.165) is 6.07 Å². The predicted octanol–water partition coefficient (Wildman–Crippen LogP) is 2.26. The molecular formula is C8H9Cl2FN2O. The van der Waals surface area contributed by atoms with E-state index in [4.69, 9.17) is 33.7 Å². The highest BCUT2D eigenvalue weighted by Gasteiger charge is 2.09. The zero-order chi connectivity index (χ0) is 10.6. The van der Waals surface area contributed by atoms with Gasteiger partial charge in [0.2, 0.25) is 0 Å². The van der Waals surface area contributed by atoms with Gasteiger partial charge in [-0.2, -0.15) is 0 Å². The first-order valence-electron chi connectivity index (χ1n) is 3.99. The van der Waals surface area contributed by atoms with Crippen molar-refractivity contribution in [1.82, 2.24) is 4.98 Å². The van der Waals surface area contributed by atoms with Gasteiger partial charge in [0.15, 0.2) is 21.9 Å². The lowest BCUT2D eigenvalue weighted by molar-refractivity contribution is 0.310. The van der Waals surface area contributed by atoms with Crippen molar-refractivity contribution < 1.29 is 9.13 Å². The van der Waals surface area contributed by atoms with E-state index in [9.17, 15) is 4.39 Å². The van der Waals surface area contributed by atoms with Gasteiger partial charge >= 0.3 is 0 Å². The number of hydrogen-bond donors (Lipinski definition) is 1. The lowest BCUT2D eigenvalue weighted by Gasteiger charge is -2.06. The fourth-order valence-electron chi connectivity index (χ4n) is 0.796. The minimum atomic E-state index is -0.654. The van der Waals surface area contributed by atoms with Crippen molar-refractivity contribution in [3.63, 3.8) is 0 Å². The van der Waals surface area contributed by atoms with Gasteiger partial charge in [-0.3, -0.25) is 0 Å². The Kier molecular flexibility index (Phi) is 4.38. The fraction of sp³-hybridized carbons (Fsp3) is 0.375. The number of pyridine rings is 1. The van der Waals surface area contributed by atoms with Crippen LogP contribution < -0.4 is 10.5 Å². The minimum absolute atomic E-state index is 0.0495. The van der Waals surface area contributed by atoms with E-state index in [1.54, 1.807) is 0 Å². The molecule has 0 amide bonds. The van der Waals surface area contributed by atoms with Crippen LogP contribution in [0.15, 0.2) is 6.07 Å². The maximum atomic E-state index is 12.9. The first-order chi connectivity index (χ1) is 6.65. The van der Waals surface area contributed by atoms with Crippen LogP contribution in [0.25, 0.3) is 0 Å². The summed E-state index contributed by atoms with van der Waals surface area (Å²) >= 11 is 11.1. The van der Waals surface area contributed by atoms with Gasteiger partial charge in [0.25, 0.3) is 0 Å². The molecule has 0 spiro atoms. The molecule has 0 radical (unpaired) electrons. The first kappa shape index (κ1) is 11.5. The van der Waals surface area contributed by atoms with Gasteiger partial charge in [-0.1, -0.05) is 23.2 Å². The number of aromatic nitrogens is 1. The standard InChI is InChI=1S/C8H9Cl2FN2O/c9-7-5(11)4-6(8(10)13-7)14-3-1-2-12/h4H,1-3,12H2. The largest absolute Gasteiger partial charge is 0.490 e. The minimum Gasteiger partial charge on any atom is -0.490 e. The molecule has 0 saturated carbocycles.